The molecule has 0 aromatic heterocycles. The smallest absolute Gasteiger partial charge is 0.179 e. The van der Waals surface area contributed by atoms with Crippen LogP contribution in [-0.4, -0.2) is 11.7 Å². The predicted octanol–water partition coefficient (Wildman–Crippen LogP) is 3.55. The molecule has 2 N–H and O–H groups in total. The number of rotatable bonds is 5. The van der Waals surface area contributed by atoms with Gasteiger partial charge in [-0.25, -0.2) is 0 Å². The Balaban J connectivity index is 2.12. The molecule has 0 saturated carbocycles. The first-order valence-corrected chi connectivity index (χ1v) is 6.10. The third-order valence-electron chi connectivity index (χ3n) is 2.46. The number of hydrazine groups is 1. The molecule has 2 aromatic carbocycles. The summed E-state index contributed by atoms with van der Waals surface area (Å²) in [5.74, 6) is -0.126. The van der Waals surface area contributed by atoms with Crippen molar-refractivity contribution in [2.45, 2.75) is 0 Å². The number of alkyl halides is 1. The van der Waals surface area contributed by atoms with E-state index in [2.05, 4.69) is 10.9 Å². The molecular weight excluding hydrogens is 248 g/mol. The Morgan fingerprint density at radius 2 is 1.61 bits per heavy atom. The Labute approximate surface area is 111 Å². The zero-order chi connectivity index (χ0) is 12.8. The van der Waals surface area contributed by atoms with E-state index in [1.54, 1.807) is 6.07 Å². The van der Waals surface area contributed by atoms with Gasteiger partial charge in [0.25, 0.3) is 0 Å². The third kappa shape index (κ3) is 3.02. The maximum atomic E-state index is 11.6. The van der Waals surface area contributed by atoms with Gasteiger partial charge in [0.05, 0.1) is 17.3 Å². The van der Waals surface area contributed by atoms with Gasteiger partial charge in [0.15, 0.2) is 5.78 Å². The van der Waals surface area contributed by atoms with Crippen LogP contribution in [0.15, 0.2) is 54.6 Å². The van der Waals surface area contributed by atoms with Crippen LogP contribution in [0.2, 0.25) is 0 Å². The maximum Gasteiger partial charge on any atom is 0.179 e. The van der Waals surface area contributed by atoms with Crippen LogP contribution in [0.5, 0.6) is 0 Å². The van der Waals surface area contributed by atoms with E-state index in [0.29, 0.717) is 11.3 Å². The van der Waals surface area contributed by atoms with Crippen LogP contribution in [-0.2, 0) is 0 Å². The molecular formula is C14H13ClN2O. The summed E-state index contributed by atoms with van der Waals surface area (Å²) in [6.45, 7) is 0. The predicted molar refractivity (Wildman–Crippen MR) is 75.2 cm³/mol. The van der Waals surface area contributed by atoms with E-state index >= 15 is 0 Å². The summed E-state index contributed by atoms with van der Waals surface area (Å²) in [5.41, 5.74) is 8.27. The number of carbonyl (C=O) groups is 1. The molecule has 2 rings (SSSR count). The summed E-state index contributed by atoms with van der Waals surface area (Å²) in [6.07, 6.45) is 0. The Morgan fingerprint density at radius 3 is 2.33 bits per heavy atom. The van der Waals surface area contributed by atoms with Gasteiger partial charge >= 0.3 is 0 Å². The van der Waals surface area contributed by atoms with Gasteiger partial charge in [0, 0.05) is 5.56 Å². The molecule has 0 spiro atoms. The van der Waals surface area contributed by atoms with E-state index < -0.39 is 0 Å². The monoisotopic (exact) mass is 260 g/mol. The minimum Gasteiger partial charge on any atom is -0.301 e. The largest absolute Gasteiger partial charge is 0.301 e. The molecule has 0 radical (unpaired) electrons. The van der Waals surface area contributed by atoms with Crippen molar-refractivity contribution in [3.8, 4) is 0 Å². The summed E-state index contributed by atoms with van der Waals surface area (Å²) in [5, 5.41) is 0. The molecule has 0 aliphatic rings. The lowest BCUT2D eigenvalue weighted by molar-refractivity contribution is 0.102. The van der Waals surface area contributed by atoms with Crippen LogP contribution in [0.4, 0.5) is 11.4 Å². The number of Topliss-reactive ketones (excluding diaryl/α,β-unsaturated/α-hetero) is 1. The van der Waals surface area contributed by atoms with E-state index in [-0.39, 0.29) is 11.7 Å². The Morgan fingerprint density at radius 1 is 0.944 bits per heavy atom. The second-order valence-electron chi connectivity index (χ2n) is 3.72. The van der Waals surface area contributed by atoms with Gasteiger partial charge in [0.2, 0.25) is 0 Å². The number of ketones is 1. The molecule has 0 aliphatic carbocycles. The van der Waals surface area contributed by atoms with E-state index in [0.717, 1.165) is 5.69 Å². The second kappa shape index (κ2) is 6.07. The number of benzene rings is 2. The highest BCUT2D eigenvalue weighted by Gasteiger charge is 2.08. The van der Waals surface area contributed by atoms with Gasteiger partial charge in [0.1, 0.15) is 0 Å². The first-order valence-electron chi connectivity index (χ1n) is 5.56. The fourth-order valence-corrected chi connectivity index (χ4v) is 1.71. The molecule has 0 fully saturated rings. The molecule has 0 atom stereocenters. The quantitative estimate of drug-likeness (QED) is 0.491. The number of anilines is 2. The molecule has 2 aromatic rings. The highest BCUT2D eigenvalue weighted by Crippen LogP contribution is 2.17. The lowest BCUT2D eigenvalue weighted by Gasteiger charge is -2.12. The van der Waals surface area contributed by atoms with Gasteiger partial charge in [-0.2, -0.15) is 0 Å². The molecule has 4 heteroatoms. The average molecular weight is 261 g/mol. The summed E-state index contributed by atoms with van der Waals surface area (Å²) in [4.78, 5) is 11.6. The molecule has 92 valence electrons. The topological polar surface area (TPSA) is 41.1 Å². The van der Waals surface area contributed by atoms with Crippen LogP contribution < -0.4 is 10.9 Å². The number of halogens is 1. The van der Waals surface area contributed by atoms with E-state index in [1.165, 1.54) is 0 Å². The maximum absolute atomic E-state index is 11.6. The summed E-state index contributed by atoms with van der Waals surface area (Å²) < 4.78 is 0. The Kier molecular flexibility index (Phi) is 4.20. The molecule has 3 nitrogen and oxygen atoms in total. The van der Waals surface area contributed by atoms with Gasteiger partial charge < -0.3 is 10.9 Å². The standard InChI is InChI=1S/C14H13ClN2O/c15-10-14(18)12-8-4-5-9-13(12)17-16-11-6-2-1-3-7-11/h1-9,16-17H,10H2. The van der Waals surface area contributed by atoms with Crippen molar-refractivity contribution in [2.24, 2.45) is 0 Å². The fourth-order valence-electron chi connectivity index (χ4n) is 1.57. The summed E-state index contributed by atoms with van der Waals surface area (Å²) in [7, 11) is 0. The van der Waals surface area contributed by atoms with Crippen LogP contribution in [0.1, 0.15) is 10.4 Å². The molecule has 0 heterocycles. The number of hydrogen-bond donors (Lipinski definition) is 2. The SMILES string of the molecule is O=C(CCl)c1ccccc1NNc1ccccc1. The minimum atomic E-state index is -0.102. The van der Waals surface area contributed by atoms with Crippen molar-refractivity contribution in [1.29, 1.82) is 0 Å². The average Bonchev–Trinajstić information content (AvgIpc) is 2.45. The highest BCUT2D eigenvalue weighted by atomic mass is 35.5. The highest BCUT2D eigenvalue weighted by molar-refractivity contribution is 6.31. The lowest BCUT2D eigenvalue weighted by Crippen LogP contribution is -2.13. The van der Waals surface area contributed by atoms with Crippen LogP contribution in [0.25, 0.3) is 0 Å². The van der Waals surface area contributed by atoms with Crippen molar-refractivity contribution in [1.82, 2.24) is 0 Å². The minimum absolute atomic E-state index is 0.0238. The first kappa shape index (κ1) is 12.5. The number of para-hydroxylation sites is 2. The number of nitrogens with one attached hydrogen (secondary N) is 2. The van der Waals surface area contributed by atoms with Crippen LogP contribution in [0, 0.1) is 0 Å². The molecule has 18 heavy (non-hydrogen) atoms. The van der Waals surface area contributed by atoms with Gasteiger partial charge in [-0.1, -0.05) is 30.3 Å². The van der Waals surface area contributed by atoms with Crippen molar-refractivity contribution >= 4 is 28.8 Å². The van der Waals surface area contributed by atoms with Gasteiger partial charge in [-0.05, 0) is 24.3 Å². The van der Waals surface area contributed by atoms with Crippen LogP contribution in [0.3, 0.4) is 0 Å². The van der Waals surface area contributed by atoms with E-state index in [1.807, 2.05) is 48.5 Å². The molecule has 0 unspecified atom stereocenters. The van der Waals surface area contributed by atoms with Crippen molar-refractivity contribution < 1.29 is 4.79 Å². The Bertz CT molecular complexity index is 528. The summed E-state index contributed by atoms with van der Waals surface area (Å²) >= 11 is 5.58. The molecule has 0 saturated heterocycles. The number of carbonyl (C=O) groups excluding carboxylic acids is 1. The van der Waals surface area contributed by atoms with Crippen molar-refractivity contribution in [3.63, 3.8) is 0 Å². The molecule has 0 bridgehead atoms. The third-order valence-corrected chi connectivity index (χ3v) is 2.71. The van der Waals surface area contributed by atoms with E-state index in [9.17, 15) is 4.79 Å². The van der Waals surface area contributed by atoms with E-state index in [4.69, 9.17) is 11.6 Å². The Hall–Kier alpha value is -2.00. The van der Waals surface area contributed by atoms with Crippen molar-refractivity contribution in [2.75, 3.05) is 16.7 Å². The fraction of sp³-hybridized carbons (Fsp3) is 0.0714. The van der Waals surface area contributed by atoms with Crippen molar-refractivity contribution in [3.05, 3.63) is 60.2 Å². The summed E-state index contributed by atoms with van der Waals surface area (Å²) in [6, 6.07) is 16.9. The lowest BCUT2D eigenvalue weighted by atomic mass is 10.1. The van der Waals surface area contributed by atoms with Crippen LogP contribution >= 0.6 is 11.6 Å². The molecule has 0 aliphatic heterocycles. The normalized spacial score (nSPS) is 9.83. The molecule has 0 amide bonds. The second-order valence-corrected chi connectivity index (χ2v) is 3.99. The first-order chi connectivity index (χ1) is 8.81. The number of hydrogen-bond acceptors (Lipinski definition) is 3. The zero-order valence-electron chi connectivity index (χ0n) is 9.69. The van der Waals surface area contributed by atoms with Gasteiger partial charge in [-0.15, -0.1) is 11.6 Å². The zero-order valence-corrected chi connectivity index (χ0v) is 10.4. The van der Waals surface area contributed by atoms with Gasteiger partial charge in [-0.3, -0.25) is 4.79 Å².